The minimum atomic E-state index is 0.596. The fourth-order valence-electron chi connectivity index (χ4n) is 1.73. The van der Waals surface area contributed by atoms with E-state index in [1.165, 1.54) is 0 Å². The molecule has 1 aliphatic rings. The minimum absolute atomic E-state index is 0.596. The smallest absolute Gasteiger partial charge is 0.223 e. The molecule has 2 heterocycles. The zero-order valence-corrected chi connectivity index (χ0v) is 11.2. The first-order valence-electron chi connectivity index (χ1n) is 5.93. The molecule has 0 aliphatic carbocycles. The highest BCUT2D eigenvalue weighted by molar-refractivity contribution is 7.99. The fraction of sp³-hybridized carbons (Fsp3) is 0.231. The molecule has 1 N–H and O–H groups in total. The predicted octanol–water partition coefficient (Wildman–Crippen LogP) is 2.44. The van der Waals surface area contributed by atoms with Gasteiger partial charge in [-0.05, 0) is 24.3 Å². The molecule has 6 heteroatoms. The quantitative estimate of drug-likeness (QED) is 0.868. The van der Waals surface area contributed by atoms with E-state index in [-0.39, 0.29) is 0 Å². The van der Waals surface area contributed by atoms with E-state index < -0.39 is 0 Å². The molecule has 0 radical (unpaired) electrons. The molecule has 0 spiro atoms. The molecule has 3 rings (SSSR count). The number of ether oxygens (including phenoxy) is 2. The lowest BCUT2D eigenvalue weighted by molar-refractivity contribution is 0.171. The van der Waals surface area contributed by atoms with Crippen molar-refractivity contribution in [3.63, 3.8) is 0 Å². The highest BCUT2D eigenvalue weighted by atomic mass is 32.2. The van der Waals surface area contributed by atoms with E-state index in [1.807, 2.05) is 24.3 Å². The van der Waals surface area contributed by atoms with Crippen molar-refractivity contribution in [3.8, 4) is 11.5 Å². The third kappa shape index (κ3) is 2.73. The van der Waals surface area contributed by atoms with Crippen LogP contribution in [0.1, 0.15) is 0 Å². The Labute approximate surface area is 115 Å². The molecule has 0 amide bonds. The summed E-state index contributed by atoms with van der Waals surface area (Å²) in [5.41, 5.74) is 0. The normalized spacial score (nSPS) is 13.1. The van der Waals surface area contributed by atoms with Crippen molar-refractivity contribution in [2.45, 2.75) is 9.92 Å². The number of benzene rings is 1. The van der Waals surface area contributed by atoms with Gasteiger partial charge in [-0.2, -0.15) is 0 Å². The molecule has 1 aromatic heterocycles. The Balaban J connectivity index is 1.82. The van der Waals surface area contributed by atoms with E-state index in [9.17, 15) is 0 Å². The van der Waals surface area contributed by atoms with E-state index in [2.05, 4.69) is 15.3 Å². The molecule has 5 nitrogen and oxygen atoms in total. The van der Waals surface area contributed by atoms with Crippen LogP contribution in [0.3, 0.4) is 0 Å². The van der Waals surface area contributed by atoms with Crippen molar-refractivity contribution in [3.05, 3.63) is 30.5 Å². The van der Waals surface area contributed by atoms with Crippen LogP contribution in [0.25, 0.3) is 0 Å². The number of hydrogen-bond donors (Lipinski definition) is 1. The number of hydrogen-bond acceptors (Lipinski definition) is 6. The lowest BCUT2D eigenvalue weighted by Gasteiger charge is -2.18. The maximum absolute atomic E-state index is 5.56. The topological polar surface area (TPSA) is 56.3 Å². The van der Waals surface area contributed by atoms with Crippen LogP contribution in [-0.4, -0.2) is 30.2 Å². The summed E-state index contributed by atoms with van der Waals surface area (Å²) in [5, 5.41) is 3.81. The van der Waals surface area contributed by atoms with Gasteiger partial charge < -0.3 is 14.8 Å². The molecule has 0 bridgehead atoms. The van der Waals surface area contributed by atoms with E-state index in [4.69, 9.17) is 9.47 Å². The standard InChI is InChI=1S/C13H13N3O2S/c1-14-13-15-5-4-12(16-13)19-9-2-3-10-11(8-9)18-7-6-17-10/h2-5,8H,6-7H2,1H3,(H,14,15,16). The van der Waals surface area contributed by atoms with E-state index in [0.717, 1.165) is 21.4 Å². The molecule has 2 aromatic rings. The number of rotatable bonds is 3. The first-order valence-corrected chi connectivity index (χ1v) is 6.75. The Morgan fingerprint density at radius 3 is 2.84 bits per heavy atom. The van der Waals surface area contributed by atoms with Crippen LogP contribution < -0.4 is 14.8 Å². The molecule has 1 aliphatic heterocycles. The van der Waals surface area contributed by atoms with Gasteiger partial charge in [0.1, 0.15) is 18.2 Å². The number of nitrogens with one attached hydrogen (secondary N) is 1. The van der Waals surface area contributed by atoms with Crippen LogP contribution >= 0.6 is 11.8 Å². The Morgan fingerprint density at radius 1 is 1.16 bits per heavy atom. The van der Waals surface area contributed by atoms with Gasteiger partial charge in [-0.3, -0.25) is 0 Å². The minimum Gasteiger partial charge on any atom is -0.486 e. The summed E-state index contributed by atoms with van der Waals surface area (Å²) in [7, 11) is 1.80. The highest BCUT2D eigenvalue weighted by Crippen LogP contribution is 2.36. The van der Waals surface area contributed by atoms with Gasteiger partial charge in [0.15, 0.2) is 11.5 Å². The molecule has 98 valence electrons. The van der Waals surface area contributed by atoms with Crippen molar-refractivity contribution in [1.82, 2.24) is 9.97 Å². The van der Waals surface area contributed by atoms with Crippen molar-refractivity contribution >= 4 is 17.7 Å². The Hall–Kier alpha value is -1.95. The molecule has 0 saturated carbocycles. The summed E-state index contributed by atoms with van der Waals surface area (Å²) in [6, 6.07) is 7.78. The molecule has 0 atom stereocenters. The van der Waals surface area contributed by atoms with Crippen molar-refractivity contribution < 1.29 is 9.47 Å². The molecule has 1 aromatic carbocycles. The van der Waals surface area contributed by atoms with Gasteiger partial charge in [0.2, 0.25) is 5.95 Å². The van der Waals surface area contributed by atoms with Crippen LogP contribution in [0.5, 0.6) is 11.5 Å². The monoisotopic (exact) mass is 275 g/mol. The van der Waals surface area contributed by atoms with Crippen LogP contribution in [0.4, 0.5) is 5.95 Å². The maximum Gasteiger partial charge on any atom is 0.223 e. The summed E-state index contributed by atoms with van der Waals surface area (Å²) >= 11 is 1.56. The summed E-state index contributed by atoms with van der Waals surface area (Å²) in [6.07, 6.45) is 1.74. The average Bonchev–Trinajstić information content (AvgIpc) is 2.47. The third-order valence-corrected chi connectivity index (χ3v) is 3.52. The lowest BCUT2D eigenvalue weighted by Crippen LogP contribution is -2.15. The molecule has 0 saturated heterocycles. The number of anilines is 1. The second kappa shape index (κ2) is 5.36. The van der Waals surface area contributed by atoms with Crippen LogP contribution in [0, 0.1) is 0 Å². The third-order valence-electron chi connectivity index (χ3n) is 2.59. The van der Waals surface area contributed by atoms with Gasteiger partial charge in [0.25, 0.3) is 0 Å². The molecular weight excluding hydrogens is 262 g/mol. The Kier molecular flexibility index (Phi) is 3.41. The molecular formula is C13H13N3O2S. The number of fused-ring (bicyclic) bond motifs is 1. The van der Waals surface area contributed by atoms with Crippen molar-refractivity contribution in [2.75, 3.05) is 25.6 Å². The zero-order chi connectivity index (χ0) is 13.1. The number of aromatic nitrogens is 2. The second-order valence-electron chi connectivity index (χ2n) is 3.88. The molecule has 0 fully saturated rings. The largest absolute Gasteiger partial charge is 0.486 e. The van der Waals surface area contributed by atoms with Crippen LogP contribution in [0.15, 0.2) is 40.4 Å². The second-order valence-corrected chi connectivity index (χ2v) is 4.97. The van der Waals surface area contributed by atoms with Gasteiger partial charge in [0, 0.05) is 18.1 Å². The summed E-state index contributed by atoms with van der Waals surface area (Å²) in [5.74, 6) is 2.20. The SMILES string of the molecule is CNc1nccc(Sc2ccc3c(c2)OCCO3)n1. The van der Waals surface area contributed by atoms with Gasteiger partial charge >= 0.3 is 0 Å². The van der Waals surface area contributed by atoms with E-state index in [0.29, 0.717) is 19.2 Å². The van der Waals surface area contributed by atoms with Gasteiger partial charge in [-0.25, -0.2) is 9.97 Å². The first kappa shape index (κ1) is 12.1. The predicted molar refractivity (Wildman–Crippen MR) is 73.1 cm³/mol. The average molecular weight is 275 g/mol. The summed E-state index contributed by atoms with van der Waals surface area (Å²) < 4.78 is 11.1. The maximum atomic E-state index is 5.56. The van der Waals surface area contributed by atoms with Crippen molar-refractivity contribution in [2.24, 2.45) is 0 Å². The van der Waals surface area contributed by atoms with Crippen LogP contribution in [-0.2, 0) is 0 Å². The summed E-state index contributed by atoms with van der Waals surface area (Å²) in [4.78, 5) is 9.52. The van der Waals surface area contributed by atoms with Gasteiger partial charge in [-0.15, -0.1) is 0 Å². The zero-order valence-electron chi connectivity index (χ0n) is 10.4. The van der Waals surface area contributed by atoms with E-state index in [1.54, 1.807) is 25.0 Å². The molecule has 0 unspecified atom stereocenters. The number of nitrogens with zero attached hydrogens (tertiary/aromatic N) is 2. The highest BCUT2D eigenvalue weighted by Gasteiger charge is 2.12. The Bertz CT molecular complexity index is 592. The van der Waals surface area contributed by atoms with Gasteiger partial charge in [-0.1, -0.05) is 11.8 Å². The fourth-order valence-corrected chi connectivity index (χ4v) is 2.53. The van der Waals surface area contributed by atoms with Gasteiger partial charge in [0.05, 0.1) is 0 Å². The first-order chi connectivity index (χ1) is 9.35. The lowest BCUT2D eigenvalue weighted by atomic mass is 10.3. The van der Waals surface area contributed by atoms with Crippen molar-refractivity contribution in [1.29, 1.82) is 0 Å². The summed E-state index contributed by atoms with van der Waals surface area (Å²) in [6.45, 7) is 1.20. The Morgan fingerprint density at radius 2 is 2.00 bits per heavy atom. The molecule has 19 heavy (non-hydrogen) atoms. The van der Waals surface area contributed by atoms with Crippen LogP contribution in [0.2, 0.25) is 0 Å². The van der Waals surface area contributed by atoms with E-state index >= 15 is 0 Å².